The van der Waals surface area contributed by atoms with E-state index in [0.29, 0.717) is 18.9 Å². The molecule has 0 amide bonds. The molecule has 0 N–H and O–H groups in total. The van der Waals surface area contributed by atoms with Crippen molar-refractivity contribution in [2.45, 2.75) is 117 Å². The Kier molecular flexibility index (Phi) is 13.4. The van der Waals surface area contributed by atoms with Crippen LogP contribution in [-0.4, -0.2) is 85.9 Å². The molecule has 0 fully saturated rings. The summed E-state index contributed by atoms with van der Waals surface area (Å²) in [5.74, 6) is 0. The summed E-state index contributed by atoms with van der Waals surface area (Å²) < 4.78 is 33.1. The summed E-state index contributed by atoms with van der Waals surface area (Å²) in [6, 6.07) is 0. The van der Waals surface area contributed by atoms with E-state index >= 15 is 0 Å². The molecule has 0 bridgehead atoms. The van der Waals surface area contributed by atoms with Gasteiger partial charge < -0.3 is 27.0 Å². The van der Waals surface area contributed by atoms with Gasteiger partial charge in [0.25, 0.3) is 0 Å². The Bertz CT molecular complexity index is 630. The number of oxime groups is 1. The molecule has 0 rings (SSSR count). The maximum atomic E-state index is 6.87. The minimum atomic E-state index is -2.01. The van der Waals surface area contributed by atoms with E-state index in [1.165, 1.54) is 0 Å². The highest BCUT2D eigenvalue weighted by molar-refractivity contribution is 6.71. The minimum absolute atomic E-state index is 0.277. The summed E-state index contributed by atoms with van der Waals surface area (Å²) >= 11 is 0. The van der Waals surface area contributed by atoms with Gasteiger partial charge >= 0.3 is 0 Å². The molecule has 0 aromatic rings. The maximum absolute atomic E-state index is 6.87. The van der Waals surface area contributed by atoms with Crippen molar-refractivity contribution >= 4 is 47.3 Å². The van der Waals surface area contributed by atoms with E-state index < -0.39 is 47.7 Å². The zero-order valence-corrected chi connectivity index (χ0v) is 30.0. The largest absolute Gasteiger partial charge is 0.415 e. The topological polar surface area (TPSA) is 67.7 Å². The van der Waals surface area contributed by atoms with Crippen molar-refractivity contribution in [1.29, 1.82) is 0 Å². The van der Waals surface area contributed by atoms with Crippen molar-refractivity contribution in [2.75, 3.05) is 20.3 Å². The SMILES string of the molecule is CO/N=C(\CO[Si](C)(C)C)[C@H](O[Si](C)(C)C)[C@@H](O[Si](C)(C)C)[C@H](CO[Si](C)(C)C)O[Si](C)(C)C. The normalized spacial score (nSPS) is 17.5. The number of nitrogens with zero attached hydrogens (tertiary/aromatic N) is 1. The smallest absolute Gasteiger partial charge is 0.184 e. The molecule has 0 aromatic carbocycles. The highest BCUT2D eigenvalue weighted by atomic mass is 28.4. The van der Waals surface area contributed by atoms with Crippen LogP contribution in [0.3, 0.4) is 0 Å². The van der Waals surface area contributed by atoms with Gasteiger partial charge in [0, 0.05) is 0 Å². The molecule has 0 aromatic heterocycles. The third-order valence-corrected chi connectivity index (χ3v) is 9.00. The van der Waals surface area contributed by atoms with Crippen LogP contribution in [0, 0.1) is 0 Å². The molecule has 0 aliphatic rings. The summed E-state index contributed by atoms with van der Waals surface area (Å²) in [6.07, 6.45) is -1.10. The second kappa shape index (κ2) is 13.2. The van der Waals surface area contributed by atoms with Crippen molar-refractivity contribution in [3.05, 3.63) is 0 Å². The zero-order valence-electron chi connectivity index (χ0n) is 25.0. The molecule has 0 saturated carbocycles. The lowest BCUT2D eigenvalue weighted by Crippen LogP contribution is -2.58. The fourth-order valence-corrected chi connectivity index (χ4v) is 7.48. The third-order valence-electron chi connectivity index (χ3n) is 4.01. The van der Waals surface area contributed by atoms with Gasteiger partial charge in [0.15, 0.2) is 41.6 Å². The standard InChI is InChI=1S/C22H55NO6Si5/c1-24-23-19(17-25-30(2,3)4)21(28-33(11,12)13)22(29-34(14,15)16)20(27-32(8,9)10)18-26-31(5,6)7/h20-22H,17-18H2,1-16H3/b23-19+/t20-,21-,22-/m0/s1. The Balaban J connectivity index is 6.64. The first-order chi connectivity index (χ1) is 14.9. The molecule has 0 radical (unpaired) electrons. The third kappa shape index (κ3) is 17.7. The van der Waals surface area contributed by atoms with Gasteiger partial charge in [-0.05, 0) is 98.2 Å². The highest BCUT2D eigenvalue weighted by Gasteiger charge is 2.43. The summed E-state index contributed by atoms with van der Waals surface area (Å²) in [6.45, 7) is 33.6. The Morgan fingerprint density at radius 3 is 1.38 bits per heavy atom. The van der Waals surface area contributed by atoms with E-state index in [-0.39, 0.29) is 12.2 Å². The van der Waals surface area contributed by atoms with E-state index in [0.717, 1.165) is 0 Å². The first-order valence-electron chi connectivity index (χ1n) is 12.3. The second-order valence-corrected chi connectivity index (χ2v) is 36.1. The zero-order chi connectivity index (χ0) is 27.2. The Labute approximate surface area is 215 Å². The summed E-state index contributed by atoms with van der Waals surface area (Å²) in [5.41, 5.74) is 0.716. The average molecular weight is 570 g/mol. The van der Waals surface area contributed by atoms with Crippen LogP contribution in [0.2, 0.25) is 98.2 Å². The number of hydrogen-bond acceptors (Lipinski definition) is 7. The van der Waals surface area contributed by atoms with Gasteiger partial charge in [-0.25, -0.2) is 0 Å². The summed E-state index contributed by atoms with van der Waals surface area (Å²) in [5, 5.41) is 4.42. The molecule has 0 saturated heterocycles. The van der Waals surface area contributed by atoms with Crippen LogP contribution in [0.15, 0.2) is 5.16 Å². The van der Waals surface area contributed by atoms with Crippen molar-refractivity contribution in [2.24, 2.45) is 5.16 Å². The van der Waals surface area contributed by atoms with E-state index in [2.05, 4.69) is 103 Å². The second-order valence-electron chi connectivity index (χ2n) is 13.7. The van der Waals surface area contributed by atoms with Crippen LogP contribution < -0.4 is 0 Å². The number of hydrogen-bond donors (Lipinski definition) is 0. The van der Waals surface area contributed by atoms with Crippen LogP contribution in [0.5, 0.6) is 0 Å². The van der Waals surface area contributed by atoms with E-state index in [1.54, 1.807) is 7.11 Å². The van der Waals surface area contributed by atoms with Crippen LogP contribution in [-0.2, 0) is 27.0 Å². The van der Waals surface area contributed by atoms with Crippen LogP contribution >= 0.6 is 0 Å². The lowest BCUT2D eigenvalue weighted by Gasteiger charge is -2.42. The predicted octanol–water partition coefficient (Wildman–Crippen LogP) is 6.35. The molecule has 7 nitrogen and oxygen atoms in total. The number of rotatable bonds is 16. The Hall–Kier alpha value is 0.354. The van der Waals surface area contributed by atoms with E-state index in [4.69, 9.17) is 27.0 Å². The van der Waals surface area contributed by atoms with Gasteiger partial charge in [0.2, 0.25) is 0 Å². The highest BCUT2D eigenvalue weighted by Crippen LogP contribution is 2.26. The molecule has 0 aliphatic heterocycles. The fourth-order valence-electron chi connectivity index (χ4n) is 3.00. The molecule has 0 spiro atoms. The minimum Gasteiger partial charge on any atom is -0.415 e. The van der Waals surface area contributed by atoms with Gasteiger partial charge in [0.05, 0.1) is 19.3 Å². The van der Waals surface area contributed by atoms with Crippen molar-refractivity contribution in [3.63, 3.8) is 0 Å². The van der Waals surface area contributed by atoms with Crippen LogP contribution in [0.4, 0.5) is 0 Å². The molecule has 0 aliphatic carbocycles. The summed E-state index contributed by atoms with van der Waals surface area (Å²) in [7, 11) is -7.95. The first kappa shape index (κ1) is 34.4. The molecule has 34 heavy (non-hydrogen) atoms. The van der Waals surface area contributed by atoms with Gasteiger partial charge in [-0.3, -0.25) is 0 Å². The maximum Gasteiger partial charge on any atom is 0.184 e. The molecule has 0 heterocycles. The van der Waals surface area contributed by atoms with Gasteiger partial charge in [-0.2, -0.15) is 0 Å². The molecule has 0 unspecified atom stereocenters. The average Bonchev–Trinajstić information content (AvgIpc) is 2.54. The lowest BCUT2D eigenvalue weighted by molar-refractivity contribution is -0.0307. The van der Waals surface area contributed by atoms with Crippen molar-refractivity contribution in [1.82, 2.24) is 0 Å². The predicted molar refractivity (Wildman–Crippen MR) is 158 cm³/mol. The van der Waals surface area contributed by atoms with Gasteiger partial charge in [-0.1, -0.05) is 5.16 Å². The Morgan fingerprint density at radius 1 is 0.588 bits per heavy atom. The molecule has 12 heteroatoms. The molecule has 204 valence electrons. The van der Waals surface area contributed by atoms with Gasteiger partial charge in [0.1, 0.15) is 25.0 Å². The van der Waals surface area contributed by atoms with E-state index in [1.807, 2.05) is 0 Å². The summed E-state index contributed by atoms with van der Waals surface area (Å²) in [4.78, 5) is 5.30. The molecular weight excluding hydrogens is 515 g/mol. The van der Waals surface area contributed by atoms with E-state index in [9.17, 15) is 0 Å². The van der Waals surface area contributed by atoms with Gasteiger partial charge in [-0.15, -0.1) is 0 Å². The fraction of sp³-hybridized carbons (Fsp3) is 0.955. The van der Waals surface area contributed by atoms with Crippen LogP contribution in [0.25, 0.3) is 0 Å². The van der Waals surface area contributed by atoms with Crippen molar-refractivity contribution in [3.8, 4) is 0 Å². The monoisotopic (exact) mass is 569 g/mol. The first-order valence-corrected chi connectivity index (χ1v) is 29.4. The quantitative estimate of drug-likeness (QED) is 0.123. The Morgan fingerprint density at radius 2 is 1.03 bits per heavy atom. The molecule has 3 atom stereocenters. The van der Waals surface area contributed by atoms with Crippen LogP contribution in [0.1, 0.15) is 0 Å². The van der Waals surface area contributed by atoms with Crippen molar-refractivity contribution < 1.29 is 27.0 Å². The molecular formula is C22H55NO6Si5. The lowest BCUT2D eigenvalue weighted by atomic mass is 10.0.